The van der Waals surface area contributed by atoms with E-state index in [1.807, 2.05) is 20.8 Å². The number of nitrogens with two attached hydrogens (primary N) is 1. The van der Waals surface area contributed by atoms with Gasteiger partial charge in [0.15, 0.2) is 5.03 Å². The van der Waals surface area contributed by atoms with Crippen molar-refractivity contribution in [3.8, 4) is 0 Å². The predicted molar refractivity (Wildman–Crippen MR) is 65.8 cm³/mol. The fraction of sp³-hybridized carbons (Fsp3) is 0.700. The van der Waals surface area contributed by atoms with Gasteiger partial charge in [-0.2, -0.15) is 5.10 Å². The molecule has 0 fully saturated rings. The van der Waals surface area contributed by atoms with E-state index in [1.54, 1.807) is 0 Å². The lowest BCUT2D eigenvalue weighted by Gasteiger charge is -2.30. The van der Waals surface area contributed by atoms with E-state index >= 15 is 0 Å². The van der Waals surface area contributed by atoms with Gasteiger partial charge in [-0.25, -0.2) is 13.1 Å². The van der Waals surface area contributed by atoms with Gasteiger partial charge in [-0.3, -0.25) is 5.10 Å². The van der Waals surface area contributed by atoms with Crippen LogP contribution in [0.4, 0.5) is 0 Å². The molecule has 1 aromatic rings. The average molecular weight is 260 g/mol. The number of H-pyrrole nitrogens is 1. The Bertz CT molecular complexity index is 433. The molecule has 0 radical (unpaired) electrons. The van der Waals surface area contributed by atoms with Crippen molar-refractivity contribution >= 4 is 10.0 Å². The Kier molecular flexibility index (Phi) is 4.29. The molecule has 0 aromatic carbocycles. The first kappa shape index (κ1) is 14.1. The number of hydrogen-bond acceptors (Lipinski definition) is 4. The Labute approximate surface area is 102 Å². The first-order valence-corrected chi connectivity index (χ1v) is 6.97. The highest BCUT2D eigenvalue weighted by molar-refractivity contribution is 7.89. The van der Waals surface area contributed by atoms with Gasteiger partial charge in [0.2, 0.25) is 0 Å². The quantitative estimate of drug-likeness (QED) is 0.715. The summed E-state index contributed by atoms with van der Waals surface area (Å²) in [5.74, 6) is 0. The van der Waals surface area contributed by atoms with E-state index in [-0.39, 0.29) is 16.5 Å². The Morgan fingerprint density at radius 3 is 2.59 bits per heavy atom. The van der Waals surface area contributed by atoms with Crippen LogP contribution in [0, 0.1) is 5.41 Å². The molecule has 0 spiro atoms. The molecule has 0 saturated carbocycles. The third-order valence-electron chi connectivity index (χ3n) is 2.56. The Balaban J connectivity index is 2.88. The predicted octanol–water partition coefficient (Wildman–Crippen LogP) is 0.452. The van der Waals surface area contributed by atoms with Crippen LogP contribution in [0.1, 0.15) is 27.2 Å². The maximum atomic E-state index is 12.0. The summed E-state index contributed by atoms with van der Waals surface area (Å²) < 4.78 is 26.7. The summed E-state index contributed by atoms with van der Waals surface area (Å²) in [5, 5.41) is 6.15. The number of nitrogens with zero attached hydrogens (tertiary/aromatic N) is 1. The molecule has 17 heavy (non-hydrogen) atoms. The molecule has 6 nitrogen and oxygen atoms in total. The van der Waals surface area contributed by atoms with Gasteiger partial charge < -0.3 is 5.73 Å². The standard InChI is InChI=1S/C10H20N4O2S/c1-10(2,3)8(4-6-11)14-17(15,16)9-5-7-12-13-9/h5,7-8,14H,4,6,11H2,1-3H3,(H,12,13). The number of nitrogens with one attached hydrogen (secondary N) is 2. The first-order chi connectivity index (χ1) is 7.77. The van der Waals surface area contributed by atoms with Gasteiger partial charge in [0.1, 0.15) is 0 Å². The number of rotatable bonds is 5. The monoisotopic (exact) mass is 260 g/mol. The summed E-state index contributed by atoms with van der Waals surface area (Å²) in [5.41, 5.74) is 5.32. The second-order valence-corrected chi connectivity index (χ2v) is 6.72. The van der Waals surface area contributed by atoms with Crippen molar-refractivity contribution in [2.75, 3.05) is 6.54 Å². The van der Waals surface area contributed by atoms with E-state index in [0.717, 1.165) is 0 Å². The van der Waals surface area contributed by atoms with Crippen molar-refractivity contribution < 1.29 is 8.42 Å². The van der Waals surface area contributed by atoms with Crippen LogP contribution >= 0.6 is 0 Å². The van der Waals surface area contributed by atoms with E-state index in [0.29, 0.717) is 13.0 Å². The maximum absolute atomic E-state index is 12.0. The Morgan fingerprint density at radius 2 is 2.18 bits per heavy atom. The molecular weight excluding hydrogens is 240 g/mol. The lowest BCUT2D eigenvalue weighted by Crippen LogP contribution is -2.44. The van der Waals surface area contributed by atoms with Crippen LogP contribution in [0.2, 0.25) is 0 Å². The first-order valence-electron chi connectivity index (χ1n) is 5.49. The van der Waals surface area contributed by atoms with Crippen molar-refractivity contribution in [1.82, 2.24) is 14.9 Å². The minimum absolute atomic E-state index is 0.0729. The molecular formula is C10H20N4O2S. The highest BCUT2D eigenvalue weighted by Crippen LogP contribution is 2.23. The van der Waals surface area contributed by atoms with Crippen molar-refractivity contribution in [2.45, 2.75) is 38.3 Å². The fourth-order valence-corrected chi connectivity index (χ4v) is 2.86. The molecule has 4 N–H and O–H groups in total. The van der Waals surface area contributed by atoms with Crippen LogP contribution in [0.15, 0.2) is 17.3 Å². The molecule has 1 heterocycles. The summed E-state index contributed by atoms with van der Waals surface area (Å²) >= 11 is 0. The lowest BCUT2D eigenvalue weighted by molar-refractivity contribution is 0.287. The Morgan fingerprint density at radius 1 is 1.53 bits per heavy atom. The zero-order valence-electron chi connectivity index (χ0n) is 10.4. The molecule has 0 saturated heterocycles. The number of sulfonamides is 1. The maximum Gasteiger partial charge on any atom is 0.257 e. The van der Waals surface area contributed by atoms with Crippen LogP contribution in [0.3, 0.4) is 0 Å². The van der Waals surface area contributed by atoms with Crippen LogP contribution in [-0.2, 0) is 10.0 Å². The smallest absolute Gasteiger partial charge is 0.257 e. The van der Waals surface area contributed by atoms with Crippen LogP contribution in [0.5, 0.6) is 0 Å². The molecule has 0 amide bonds. The molecule has 1 rings (SSSR count). The van der Waals surface area contributed by atoms with Crippen LogP contribution < -0.4 is 10.5 Å². The normalized spacial score (nSPS) is 14.8. The van der Waals surface area contributed by atoms with Gasteiger partial charge >= 0.3 is 0 Å². The third kappa shape index (κ3) is 3.79. The molecule has 1 atom stereocenters. The van der Waals surface area contributed by atoms with E-state index in [1.165, 1.54) is 12.3 Å². The molecule has 0 aliphatic rings. The minimum atomic E-state index is -3.55. The second kappa shape index (κ2) is 5.16. The van der Waals surface area contributed by atoms with E-state index in [9.17, 15) is 8.42 Å². The SMILES string of the molecule is CC(C)(C)C(CCN)NS(=O)(=O)c1ccn[nH]1. The highest BCUT2D eigenvalue weighted by Gasteiger charge is 2.29. The van der Waals surface area contributed by atoms with Crippen molar-refractivity contribution in [2.24, 2.45) is 11.1 Å². The molecule has 0 aliphatic heterocycles. The molecule has 0 bridgehead atoms. The Hall–Kier alpha value is -0.920. The fourth-order valence-electron chi connectivity index (χ4n) is 1.48. The molecule has 1 unspecified atom stereocenters. The zero-order chi connectivity index (χ0) is 13.1. The summed E-state index contributed by atoms with van der Waals surface area (Å²) in [6.07, 6.45) is 2.00. The van der Waals surface area contributed by atoms with Crippen molar-refractivity contribution in [3.05, 3.63) is 12.3 Å². The van der Waals surface area contributed by atoms with Crippen LogP contribution in [0.25, 0.3) is 0 Å². The van der Waals surface area contributed by atoms with Gasteiger partial charge in [0.05, 0.1) is 6.20 Å². The molecule has 0 aliphatic carbocycles. The molecule has 7 heteroatoms. The van der Waals surface area contributed by atoms with Gasteiger partial charge in [-0.15, -0.1) is 0 Å². The van der Waals surface area contributed by atoms with Crippen LogP contribution in [-0.4, -0.2) is 31.2 Å². The largest absolute Gasteiger partial charge is 0.330 e. The lowest BCUT2D eigenvalue weighted by atomic mass is 9.85. The summed E-state index contributed by atoms with van der Waals surface area (Å²) in [6, 6.07) is 1.21. The van der Waals surface area contributed by atoms with Crippen molar-refractivity contribution in [3.63, 3.8) is 0 Å². The summed E-state index contributed by atoms with van der Waals surface area (Å²) in [6.45, 7) is 6.36. The van der Waals surface area contributed by atoms with Gasteiger partial charge in [-0.1, -0.05) is 20.8 Å². The van der Waals surface area contributed by atoms with Gasteiger partial charge in [0.25, 0.3) is 10.0 Å². The zero-order valence-corrected chi connectivity index (χ0v) is 11.2. The van der Waals surface area contributed by atoms with E-state index < -0.39 is 10.0 Å². The number of aromatic nitrogens is 2. The van der Waals surface area contributed by atoms with Gasteiger partial charge in [0, 0.05) is 6.04 Å². The average Bonchev–Trinajstić information content (AvgIpc) is 2.68. The molecule has 98 valence electrons. The van der Waals surface area contributed by atoms with E-state index in [4.69, 9.17) is 5.73 Å². The number of aromatic amines is 1. The number of hydrogen-bond donors (Lipinski definition) is 3. The highest BCUT2D eigenvalue weighted by atomic mass is 32.2. The molecule has 1 aromatic heterocycles. The topological polar surface area (TPSA) is 101 Å². The van der Waals surface area contributed by atoms with Crippen molar-refractivity contribution in [1.29, 1.82) is 0 Å². The van der Waals surface area contributed by atoms with Gasteiger partial charge in [-0.05, 0) is 24.4 Å². The third-order valence-corrected chi connectivity index (χ3v) is 3.96. The minimum Gasteiger partial charge on any atom is -0.330 e. The second-order valence-electron chi connectivity index (χ2n) is 5.04. The summed E-state index contributed by atoms with van der Waals surface area (Å²) in [4.78, 5) is 0. The van der Waals surface area contributed by atoms with E-state index in [2.05, 4.69) is 14.9 Å². The summed E-state index contributed by atoms with van der Waals surface area (Å²) in [7, 11) is -3.55.